The van der Waals surface area contributed by atoms with Crippen molar-refractivity contribution < 1.29 is 14.3 Å². The molecule has 2 saturated heterocycles. The second-order valence-electron chi connectivity index (χ2n) is 4.24. The molecule has 0 amide bonds. The highest BCUT2D eigenvalue weighted by Crippen LogP contribution is 2.37. The van der Waals surface area contributed by atoms with Crippen LogP contribution in [0.3, 0.4) is 0 Å². The normalized spacial score (nSPS) is 41.0. The number of rotatable bonds is 2. The molecule has 2 aliphatic heterocycles. The van der Waals surface area contributed by atoms with Crippen LogP contribution in [-0.2, 0) is 14.3 Å². The highest BCUT2D eigenvalue weighted by Gasteiger charge is 2.47. The molecule has 4 heteroatoms. The minimum Gasteiger partial charge on any atom is -0.465 e. The Morgan fingerprint density at radius 2 is 2.07 bits per heavy atom. The highest BCUT2D eigenvalue weighted by molar-refractivity contribution is 5.80. The molecule has 14 heavy (non-hydrogen) atoms. The van der Waals surface area contributed by atoms with Crippen molar-refractivity contribution in [1.29, 1.82) is 0 Å². The lowest BCUT2D eigenvalue weighted by molar-refractivity contribution is -0.156. The molecule has 2 fully saturated rings. The number of nitrogens with two attached hydrogens (primary N) is 1. The Hall–Kier alpha value is -0.610. The molecule has 0 aromatic carbocycles. The minimum atomic E-state index is -0.792. The van der Waals surface area contributed by atoms with Gasteiger partial charge in [0.2, 0.25) is 0 Å². The summed E-state index contributed by atoms with van der Waals surface area (Å²) in [5.74, 6) is -0.264. The van der Waals surface area contributed by atoms with Crippen molar-refractivity contribution in [3.8, 4) is 0 Å². The van der Waals surface area contributed by atoms with E-state index in [-0.39, 0.29) is 18.2 Å². The molecule has 2 aliphatic rings. The molecule has 0 spiro atoms. The third kappa shape index (κ3) is 1.64. The summed E-state index contributed by atoms with van der Waals surface area (Å²) in [5, 5.41) is 0. The number of ether oxygens (including phenoxy) is 2. The van der Waals surface area contributed by atoms with E-state index < -0.39 is 5.54 Å². The molecule has 0 radical (unpaired) electrons. The van der Waals surface area contributed by atoms with Crippen LogP contribution in [0.15, 0.2) is 0 Å². The number of esters is 1. The third-order valence-corrected chi connectivity index (χ3v) is 3.06. The fourth-order valence-corrected chi connectivity index (χ4v) is 2.42. The Balaban J connectivity index is 2.05. The Morgan fingerprint density at radius 1 is 1.50 bits per heavy atom. The van der Waals surface area contributed by atoms with Gasteiger partial charge in [0.05, 0.1) is 18.8 Å². The number of carbonyl (C=O) groups is 1. The predicted molar refractivity (Wildman–Crippen MR) is 50.7 cm³/mol. The second-order valence-corrected chi connectivity index (χ2v) is 4.24. The lowest BCUT2D eigenvalue weighted by atomic mass is 9.87. The zero-order valence-corrected chi connectivity index (χ0v) is 8.49. The summed E-state index contributed by atoms with van der Waals surface area (Å²) < 4.78 is 10.6. The van der Waals surface area contributed by atoms with E-state index in [0.717, 1.165) is 12.8 Å². The fraction of sp³-hybridized carbons (Fsp3) is 0.900. The lowest BCUT2D eigenvalue weighted by Gasteiger charge is -2.35. The van der Waals surface area contributed by atoms with Gasteiger partial charge in [-0.05, 0) is 19.8 Å². The van der Waals surface area contributed by atoms with E-state index in [4.69, 9.17) is 15.2 Å². The van der Waals surface area contributed by atoms with Gasteiger partial charge >= 0.3 is 5.97 Å². The molecule has 80 valence electrons. The van der Waals surface area contributed by atoms with Crippen molar-refractivity contribution >= 4 is 5.97 Å². The van der Waals surface area contributed by atoms with Crippen LogP contribution in [0.1, 0.15) is 32.6 Å². The van der Waals surface area contributed by atoms with Crippen LogP contribution in [0.25, 0.3) is 0 Å². The van der Waals surface area contributed by atoms with Crippen LogP contribution in [0.2, 0.25) is 0 Å². The van der Waals surface area contributed by atoms with Crippen LogP contribution >= 0.6 is 0 Å². The predicted octanol–water partition coefficient (Wildman–Crippen LogP) is 0.588. The van der Waals surface area contributed by atoms with Crippen LogP contribution in [0.4, 0.5) is 0 Å². The molecule has 0 aromatic rings. The van der Waals surface area contributed by atoms with Crippen molar-refractivity contribution in [2.75, 3.05) is 6.61 Å². The molecule has 2 heterocycles. The maximum Gasteiger partial charge on any atom is 0.326 e. The minimum absolute atomic E-state index is 0.170. The van der Waals surface area contributed by atoms with Gasteiger partial charge in [-0.3, -0.25) is 4.79 Å². The molecular formula is C10H17NO3. The molecule has 1 unspecified atom stereocenters. The number of hydrogen-bond acceptors (Lipinski definition) is 4. The Bertz CT molecular complexity index is 230. The van der Waals surface area contributed by atoms with Gasteiger partial charge in [-0.15, -0.1) is 0 Å². The lowest BCUT2D eigenvalue weighted by Crippen LogP contribution is -2.55. The number of hydrogen-bond donors (Lipinski definition) is 1. The van der Waals surface area contributed by atoms with Crippen molar-refractivity contribution in [2.24, 2.45) is 5.73 Å². The van der Waals surface area contributed by atoms with Crippen molar-refractivity contribution in [3.63, 3.8) is 0 Å². The first-order valence-corrected chi connectivity index (χ1v) is 5.25. The van der Waals surface area contributed by atoms with E-state index >= 15 is 0 Å². The monoisotopic (exact) mass is 199 g/mol. The second kappa shape index (κ2) is 3.51. The fourth-order valence-electron chi connectivity index (χ4n) is 2.42. The van der Waals surface area contributed by atoms with E-state index in [1.165, 1.54) is 0 Å². The first-order valence-electron chi connectivity index (χ1n) is 5.25. The van der Waals surface area contributed by atoms with Gasteiger partial charge in [0.25, 0.3) is 0 Å². The Kier molecular flexibility index (Phi) is 2.49. The summed E-state index contributed by atoms with van der Waals surface area (Å²) in [7, 11) is 0. The summed E-state index contributed by atoms with van der Waals surface area (Å²) >= 11 is 0. The zero-order valence-electron chi connectivity index (χ0n) is 8.49. The number of carbonyl (C=O) groups excluding carboxylic acids is 1. The largest absolute Gasteiger partial charge is 0.465 e. The quantitative estimate of drug-likeness (QED) is 0.661. The average Bonchev–Trinajstić information content (AvgIpc) is 2.46. The zero-order chi connectivity index (χ0) is 10.2. The molecule has 0 aliphatic carbocycles. The van der Waals surface area contributed by atoms with Gasteiger partial charge in [-0.1, -0.05) is 0 Å². The molecule has 0 saturated carbocycles. The van der Waals surface area contributed by atoms with Gasteiger partial charge in [-0.25, -0.2) is 0 Å². The number of fused-ring (bicyclic) bond motifs is 2. The maximum atomic E-state index is 11.6. The van der Waals surface area contributed by atoms with Gasteiger partial charge in [0, 0.05) is 12.8 Å². The van der Waals surface area contributed by atoms with Gasteiger partial charge in [0.15, 0.2) is 0 Å². The van der Waals surface area contributed by atoms with Crippen molar-refractivity contribution in [3.05, 3.63) is 0 Å². The van der Waals surface area contributed by atoms with Crippen LogP contribution in [-0.4, -0.2) is 30.3 Å². The first kappa shape index (κ1) is 9.93. The third-order valence-electron chi connectivity index (χ3n) is 3.06. The maximum absolute atomic E-state index is 11.6. The van der Waals surface area contributed by atoms with E-state index in [2.05, 4.69) is 0 Å². The van der Waals surface area contributed by atoms with Crippen LogP contribution < -0.4 is 5.73 Å². The smallest absolute Gasteiger partial charge is 0.326 e. The summed E-state index contributed by atoms with van der Waals surface area (Å²) in [6.07, 6.45) is 3.63. The molecule has 2 N–H and O–H groups in total. The van der Waals surface area contributed by atoms with E-state index in [1.54, 1.807) is 6.92 Å². The van der Waals surface area contributed by atoms with Gasteiger partial charge < -0.3 is 15.2 Å². The molecule has 2 bridgehead atoms. The van der Waals surface area contributed by atoms with Crippen LogP contribution in [0.5, 0.6) is 0 Å². The summed E-state index contributed by atoms with van der Waals surface area (Å²) in [4.78, 5) is 11.6. The topological polar surface area (TPSA) is 61.5 Å². The molecule has 3 atom stereocenters. The van der Waals surface area contributed by atoms with Crippen LogP contribution in [0, 0.1) is 0 Å². The summed E-state index contributed by atoms with van der Waals surface area (Å²) in [5.41, 5.74) is 5.26. The highest BCUT2D eigenvalue weighted by atomic mass is 16.5. The van der Waals surface area contributed by atoms with Gasteiger partial charge in [0.1, 0.15) is 5.54 Å². The summed E-state index contributed by atoms with van der Waals surface area (Å²) in [6, 6.07) is 0. The molecular weight excluding hydrogens is 182 g/mol. The molecule has 4 nitrogen and oxygen atoms in total. The summed E-state index contributed by atoms with van der Waals surface area (Å²) in [6.45, 7) is 2.20. The molecule has 2 rings (SSSR count). The van der Waals surface area contributed by atoms with E-state index in [0.29, 0.717) is 19.4 Å². The van der Waals surface area contributed by atoms with Crippen molar-refractivity contribution in [1.82, 2.24) is 0 Å². The SMILES string of the molecule is CCOC(=O)C1(N)C[C@H]2CC[C@@H](C1)O2. The standard InChI is InChI=1S/C10H17NO3/c1-2-13-9(12)10(11)5-7-3-4-8(6-10)14-7/h7-8H,2-6,11H2,1H3/t7-,8+,10?. The van der Waals surface area contributed by atoms with E-state index in [1.807, 2.05) is 0 Å². The first-order chi connectivity index (χ1) is 6.64. The van der Waals surface area contributed by atoms with Gasteiger partial charge in [-0.2, -0.15) is 0 Å². The van der Waals surface area contributed by atoms with E-state index in [9.17, 15) is 4.79 Å². The Labute approximate surface area is 83.7 Å². The average molecular weight is 199 g/mol. The Morgan fingerprint density at radius 3 is 2.57 bits per heavy atom. The van der Waals surface area contributed by atoms with Crippen molar-refractivity contribution in [2.45, 2.75) is 50.4 Å². The molecule has 0 aromatic heterocycles.